The lowest BCUT2D eigenvalue weighted by atomic mass is 9.93. The van der Waals surface area contributed by atoms with E-state index in [0.717, 1.165) is 12.8 Å². The van der Waals surface area contributed by atoms with E-state index in [1.807, 2.05) is 0 Å². The van der Waals surface area contributed by atoms with Crippen molar-refractivity contribution in [2.75, 3.05) is 5.32 Å². The molecular weight excluding hydrogens is 252 g/mol. The van der Waals surface area contributed by atoms with Gasteiger partial charge in [0.25, 0.3) is 5.95 Å². The second kappa shape index (κ2) is 5.21. The van der Waals surface area contributed by atoms with Crippen LogP contribution in [0.25, 0.3) is 0 Å². The van der Waals surface area contributed by atoms with E-state index in [2.05, 4.69) is 26.0 Å². The van der Waals surface area contributed by atoms with Crippen LogP contribution in [-0.4, -0.2) is 42.9 Å². The molecule has 2 amide bonds. The highest BCUT2D eigenvalue weighted by Crippen LogP contribution is 2.32. The molecule has 9 nitrogen and oxygen atoms in total. The molecule has 1 aliphatic carbocycles. The maximum Gasteiger partial charge on any atom is 0.322 e. The fourth-order valence-corrected chi connectivity index (χ4v) is 2.40. The number of urea groups is 1. The number of amides is 2. The van der Waals surface area contributed by atoms with Crippen LogP contribution in [0.15, 0.2) is 0 Å². The second-order valence-electron chi connectivity index (χ2n) is 4.74. The second-order valence-corrected chi connectivity index (χ2v) is 4.74. The molecule has 0 aromatic carbocycles. The first-order valence-electron chi connectivity index (χ1n) is 6.04. The molecule has 2 rings (SSSR count). The van der Waals surface area contributed by atoms with Crippen molar-refractivity contribution in [1.29, 1.82) is 0 Å². The Morgan fingerprint density at radius 2 is 2.11 bits per heavy atom. The van der Waals surface area contributed by atoms with Crippen LogP contribution in [0.5, 0.6) is 0 Å². The Labute approximate surface area is 109 Å². The normalized spacial score (nSPS) is 17.1. The highest BCUT2D eigenvalue weighted by atomic mass is 16.4. The third kappa shape index (κ3) is 3.39. The summed E-state index contributed by atoms with van der Waals surface area (Å²) in [4.78, 5) is 23.9. The van der Waals surface area contributed by atoms with Crippen molar-refractivity contribution in [3.63, 3.8) is 0 Å². The zero-order chi connectivity index (χ0) is 13.9. The average molecular weight is 268 g/mol. The number of carbonyl (C=O) groups is 2. The van der Waals surface area contributed by atoms with E-state index in [1.54, 1.807) is 7.05 Å². The van der Waals surface area contributed by atoms with Crippen LogP contribution in [0.2, 0.25) is 0 Å². The van der Waals surface area contributed by atoms with Gasteiger partial charge in [0.15, 0.2) is 0 Å². The van der Waals surface area contributed by atoms with Gasteiger partial charge in [-0.25, -0.2) is 4.79 Å². The molecule has 1 heterocycles. The molecule has 0 unspecified atom stereocenters. The van der Waals surface area contributed by atoms with Crippen LogP contribution < -0.4 is 10.6 Å². The van der Waals surface area contributed by atoms with Gasteiger partial charge in [-0.05, 0) is 18.1 Å². The van der Waals surface area contributed by atoms with Crippen molar-refractivity contribution >= 4 is 17.9 Å². The van der Waals surface area contributed by atoms with Crippen molar-refractivity contribution in [2.45, 2.75) is 37.6 Å². The summed E-state index contributed by atoms with van der Waals surface area (Å²) in [6.45, 7) is 0. The van der Waals surface area contributed by atoms with Gasteiger partial charge < -0.3 is 10.4 Å². The molecule has 0 radical (unpaired) electrons. The summed E-state index contributed by atoms with van der Waals surface area (Å²) < 4.78 is 0. The summed E-state index contributed by atoms with van der Waals surface area (Å²) in [7, 11) is 1.58. The zero-order valence-corrected chi connectivity index (χ0v) is 10.6. The molecule has 3 N–H and O–H groups in total. The van der Waals surface area contributed by atoms with Crippen LogP contribution in [0, 0.1) is 0 Å². The predicted octanol–water partition coefficient (Wildman–Crippen LogP) is 0.119. The summed E-state index contributed by atoms with van der Waals surface area (Å²) >= 11 is 0. The molecule has 0 bridgehead atoms. The minimum absolute atomic E-state index is 0.0751. The number of hydrogen-bond acceptors (Lipinski definition) is 5. The van der Waals surface area contributed by atoms with E-state index in [-0.39, 0.29) is 12.4 Å². The first-order valence-corrected chi connectivity index (χ1v) is 6.04. The fourth-order valence-electron chi connectivity index (χ4n) is 2.40. The largest absolute Gasteiger partial charge is 0.481 e. The van der Waals surface area contributed by atoms with Gasteiger partial charge >= 0.3 is 12.0 Å². The minimum Gasteiger partial charge on any atom is -0.481 e. The number of nitrogens with one attached hydrogen (secondary N) is 2. The molecule has 1 aromatic rings. The highest BCUT2D eigenvalue weighted by molar-refractivity contribution is 5.88. The van der Waals surface area contributed by atoms with Crippen molar-refractivity contribution in [2.24, 2.45) is 7.05 Å². The van der Waals surface area contributed by atoms with Gasteiger partial charge in [0.2, 0.25) is 0 Å². The number of aryl methyl sites for hydroxylation is 1. The molecule has 104 valence electrons. The maximum absolute atomic E-state index is 11.8. The fraction of sp³-hybridized carbons (Fsp3) is 0.700. The molecule has 0 saturated heterocycles. The number of anilines is 1. The summed E-state index contributed by atoms with van der Waals surface area (Å²) in [5.74, 6) is -0.830. The molecule has 1 saturated carbocycles. The Hall–Kier alpha value is -2.19. The lowest BCUT2D eigenvalue weighted by Crippen LogP contribution is -2.49. The summed E-state index contributed by atoms with van der Waals surface area (Å²) in [5, 5.41) is 25.1. The van der Waals surface area contributed by atoms with E-state index in [1.165, 1.54) is 4.80 Å². The molecule has 9 heteroatoms. The zero-order valence-electron chi connectivity index (χ0n) is 10.6. The highest BCUT2D eigenvalue weighted by Gasteiger charge is 2.37. The van der Waals surface area contributed by atoms with Crippen molar-refractivity contribution < 1.29 is 14.7 Å². The Morgan fingerprint density at radius 1 is 1.42 bits per heavy atom. The molecule has 1 aliphatic rings. The lowest BCUT2D eigenvalue weighted by molar-refractivity contribution is -0.138. The molecule has 1 aromatic heterocycles. The minimum atomic E-state index is -0.917. The molecule has 0 aliphatic heterocycles. The number of hydrogen-bond donors (Lipinski definition) is 3. The number of rotatable bonds is 4. The van der Waals surface area contributed by atoms with Crippen molar-refractivity contribution in [3.8, 4) is 0 Å². The smallest absolute Gasteiger partial charge is 0.322 e. The van der Waals surface area contributed by atoms with Gasteiger partial charge in [-0.15, -0.1) is 5.10 Å². The Kier molecular flexibility index (Phi) is 3.63. The number of aliphatic carboxylic acids is 1. The standard InChI is InChI=1S/C10H16N6O3/c1-16-14-8(13-15-16)11-9(19)12-10(6-7(17)18)4-2-3-5-10/h2-6H2,1H3,(H,17,18)(H2,11,12,14,19). The van der Waals surface area contributed by atoms with Crippen LogP contribution in [0.4, 0.5) is 10.7 Å². The van der Waals surface area contributed by atoms with Gasteiger partial charge in [0.05, 0.1) is 19.0 Å². The third-order valence-electron chi connectivity index (χ3n) is 3.16. The summed E-state index contributed by atoms with van der Waals surface area (Å²) in [5.41, 5.74) is -0.669. The number of carboxylic acid groups (broad SMARTS) is 1. The van der Waals surface area contributed by atoms with Crippen molar-refractivity contribution in [3.05, 3.63) is 0 Å². The SMILES string of the molecule is Cn1nnc(NC(=O)NC2(CC(=O)O)CCCC2)n1. The van der Waals surface area contributed by atoms with Crippen LogP contribution in [0.3, 0.4) is 0 Å². The molecule has 19 heavy (non-hydrogen) atoms. The van der Waals surface area contributed by atoms with Crippen molar-refractivity contribution in [1.82, 2.24) is 25.5 Å². The van der Waals surface area contributed by atoms with E-state index in [0.29, 0.717) is 12.8 Å². The third-order valence-corrected chi connectivity index (χ3v) is 3.16. The average Bonchev–Trinajstić information content (AvgIpc) is 2.87. The van der Waals surface area contributed by atoms with Gasteiger partial charge in [-0.1, -0.05) is 17.9 Å². The van der Waals surface area contributed by atoms with E-state index in [9.17, 15) is 9.59 Å². The van der Waals surface area contributed by atoms with E-state index in [4.69, 9.17) is 5.11 Å². The first kappa shape index (κ1) is 13.2. The van der Waals surface area contributed by atoms with Gasteiger partial charge in [0, 0.05) is 0 Å². The molecular formula is C10H16N6O3. The van der Waals surface area contributed by atoms with Gasteiger partial charge in [0.1, 0.15) is 0 Å². The Morgan fingerprint density at radius 3 is 2.63 bits per heavy atom. The van der Waals surface area contributed by atoms with Gasteiger partial charge in [-0.2, -0.15) is 4.80 Å². The van der Waals surface area contributed by atoms with Crippen LogP contribution in [0.1, 0.15) is 32.1 Å². The van der Waals surface area contributed by atoms with E-state index < -0.39 is 17.5 Å². The first-order chi connectivity index (χ1) is 8.99. The number of nitrogens with zero attached hydrogens (tertiary/aromatic N) is 4. The molecule has 1 fully saturated rings. The van der Waals surface area contributed by atoms with E-state index >= 15 is 0 Å². The number of aromatic nitrogens is 4. The summed E-state index contributed by atoms with van der Waals surface area (Å²) in [6.07, 6.45) is 3.09. The maximum atomic E-state index is 11.8. The van der Waals surface area contributed by atoms with Crippen LogP contribution in [-0.2, 0) is 11.8 Å². The lowest BCUT2D eigenvalue weighted by Gasteiger charge is -2.28. The monoisotopic (exact) mass is 268 g/mol. The predicted molar refractivity (Wildman–Crippen MR) is 64.4 cm³/mol. The quantitative estimate of drug-likeness (QED) is 0.712. The molecule has 0 atom stereocenters. The Bertz CT molecular complexity index is 479. The molecule has 0 spiro atoms. The Balaban J connectivity index is 1.97. The summed E-state index contributed by atoms with van der Waals surface area (Å²) in [6, 6.07) is -0.504. The topological polar surface area (TPSA) is 122 Å². The number of tetrazole rings is 1. The number of carbonyl (C=O) groups excluding carboxylic acids is 1. The van der Waals surface area contributed by atoms with Crippen LogP contribution >= 0.6 is 0 Å². The van der Waals surface area contributed by atoms with Gasteiger partial charge in [-0.3, -0.25) is 10.1 Å². The number of carboxylic acids is 1.